The average molecular weight is 445 g/mol. The summed E-state index contributed by atoms with van der Waals surface area (Å²) in [5.41, 5.74) is 0.292. The number of alkyl halides is 3. The first-order valence-electron chi connectivity index (χ1n) is 10.3. The molecule has 1 amide bonds. The van der Waals surface area contributed by atoms with E-state index in [1.54, 1.807) is 46.7 Å². The number of rotatable bonds is 4. The van der Waals surface area contributed by atoms with Crippen LogP contribution in [0.15, 0.2) is 36.4 Å². The summed E-state index contributed by atoms with van der Waals surface area (Å²) in [7, 11) is 0. The van der Waals surface area contributed by atoms with E-state index in [9.17, 15) is 27.9 Å². The predicted molar refractivity (Wildman–Crippen MR) is 114 cm³/mol. The molecule has 1 saturated heterocycles. The molecule has 9 heteroatoms. The smallest absolute Gasteiger partial charge is 0.433 e. The molecular weight excluding hydrogens is 423 g/mol. The normalized spacial score (nSPS) is 19.2. The zero-order chi connectivity index (χ0) is 23.4. The molecule has 1 fully saturated rings. The first-order valence-corrected chi connectivity index (χ1v) is 10.3. The highest BCUT2D eigenvalue weighted by atomic mass is 19.4. The van der Waals surface area contributed by atoms with Crippen molar-refractivity contribution in [2.45, 2.75) is 46.0 Å². The molecule has 1 aliphatic heterocycles. The number of carboxylic acid groups (broad SMARTS) is 1. The Labute approximate surface area is 182 Å². The average Bonchev–Trinajstić information content (AvgIpc) is 3.22. The predicted octanol–water partition coefficient (Wildman–Crippen LogP) is 5.20. The second-order valence-corrected chi connectivity index (χ2v) is 8.11. The van der Waals surface area contributed by atoms with E-state index in [0.717, 1.165) is 18.2 Å². The highest BCUT2D eigenvalue weighted by molar-refractivity contribution is 6.03. The number of hydrogen-bond acceptors (Lipinski definition) is 3. The van der Waals surface area contributed by atoms with Crippen molar-refractivity contribution < 1.29 is 27.9 Å². The molecule has 1 N–H and O–H groups in total. The molecule has 168 valence electrons. The summed E-state index contributed by atoms with van der Waals surface area (Å²) in [6, 6.07) is 9.68. The van der Waals surface area contributed by atoms with E-state index >= 15 is 0 Å². The number of halogens is 3. The number of hydrogen-bond donors (Lipinski definition) is 1. The zero-order valence-corrected chi connectivity index (χ0v) is 17.8. The van der Waals surface area contributed by atoms with Gasteiger partial charge in [-0.05, 0) is 50.1 Å². The van der Waals surface area contributed by atoms with Gasteiger partial charge >= 0.3 is 12.1 Å². The van der Waals surface area contributed by atoms with Gasteiger partial charge in [0.25, 0.3) is 0 Å². The lowest BCUT2D eigenvalue weighted by Crippen LogP contribution is -2.31. The van der Waals surface area contributed by atoms with Crippen LogP contribution >= 0.6 is 0 Å². The summed E-state index contributed by atoms with van der Waals surface area (Å²) in [4.78, 5) is 29.3. The van der Waals surface area contributed by atoms with E-state index in [4.69, 9.17) is 0 Å². The summed E-state index contributed by atoms with van der Waals surface area (Å²) in [6.07, 6.45) is -3.98. The second kappa shape index (κ2) is 7.65. The quantitative estimate of drug-likeness (QED) is 0.599. The Bertz CT molecular complexity index is 1220. The number of nitrogens with zero attached hydrogens (tertiary/aromatic N) is 3. The number of amides is 1. The van der Waals surface area contributed by atoms with Crippen LogP contribution in [-0.2, 0) is 17.5 Å². The molecule has 1 aliphatic rings. The SMILES string of the molecule is CCn1c(-c2ccc(N3C(=O)C(C)CC3C)cc2)cc2cc(C(F)(F)F)nc(C(=O)O)c21. The fraction of sp³-hybridized carbons (Fsp3) is 0.348. The number of carboxylic acids is 1. The number of benzene rings is 1. The Morgan fingerprint density at radius 3 is 2.34 bits per heavy atom. The van der Waals surface area contributed by atoms with E-state index in [2.05, 4.69) is 4.98 Å². The van der Waals surface area contributed by atoms with Gasteiger partial charge < -0.3 is 14.6 Å². The third kappa shape index (κ3) is 3.51. The molecule has 0 aliphatic carbocycles. The van der Waals surface area contributed by atoms with Gasteiger partial charge in [-0.25, -0.2) is 9.78 Å². The van der Waals surface area contributed by atoms with Crippen molar-refractivity contribution >= 4 is 28.5 Å². The van der Waals surface area contributed by atoms with Crippen LogP contribution in [0.25, 0.3) is 22.2 Å². The second-order valence-electron chi connectivity index (χ2n) is 8.11. The fourth-order valence-electron chi connectivity index (χ4n) is 4.51. The van der Waals surface area contributed by atoms with E-state index in [-0.39, 0.29) is 28.8 Å². The van der Waals surface area contributed by atoms with Gasteiger partial charge in [-0.1, -0.05) is 19.1 Å². The molecule has 0 saturated carbocycles. The van der Waals surface area contributed by atoms with Gasteiger partial charge in [0, 0.05) is 35.3 Å². The minimum absolute atomic E-state index is 0.0444. The number of fused-ring (bicyclic) bond motifs is 1. The standard InChI is InChI=1S/C23H22F3N3O3/c1-4-28-17(10-15-11-18(23(24,25)26)27-19(20(15)28)22(31)32)14-5-7-16(8-6-14)29-13(3)9-12(2)21(29)30/h5-8,10-13H,4,9H2,1-3H3,(H,31,32). The number of aromatic nitrogens is 2. The molecule has 3 heterocycles. The number of aromatic carboxylic acids is 1. The maximum Gasteiger partial charge on any atom is 0.433 e. The number of aryl methyl sites for hydroxylation is 1. The van der Waals surface area contributed by atoms with Crippen LogP contribution < -0.4 is 4.90 Å². The number of carbonyl (C=O) groups excluding carboxylic acids is 1. The van der Waals surface area contributed by atoms with Crippen LogP contribution in [0.5, 0.6) is 0 Å². The van der Waals surface area contributed by atoms with Gasteiger partial charge in [0.2, 0.25) is 5.91 Å². The molecule has 4 rings (SSSR count). The number of anilines is 1. The third-order valence-corrected chi connectivity index (χ3v) is 5.92. The maximum atomic E-state index is 13.3. The summed E-state index contributed by atoms with van der Waals surface area (Å²) in [5, 5.41) is 9.68. The lowest BCUT2D eigenvalue weighted by Gasteiger charge is -2.22. The summed E-state index contributed by atoms with van der Waals surface area (Å²) < 4.78 is 41.4. The minimum atomic E-state index is -4.76. The van der Waals surface area contributed by atoms with Crippen LogP contribution in [-0.4, -0.2) is 32.6 Å². The molecule has 6 nitrogen and oxygen atoms in total. The molecule has 0 bridgehead atoms. The maximum absolute atomic E-state index is 13.3. The summed E-state index contributed by atoms with van der Waals surface area (Å²) in [6.45, 7) is 6.01. The van der Waals surface area contributed by atoms with Crippen molar-refractivity contribution in [1.29, 1.82) is 0 Å². The molecule has 0 radical (unpaired) electrons. The van der Waals surface area contributed by atoms with E-state index < -0.39 is 23.5 Å². The first-order chi connectivity index (χ1) is 15.0. The Hall–Kier alpha value is -3.36. The van der Waals surface area contributed by atoms with Gasteiger partial charge in [0.1, 0.15) is 5.69 Å². The van der Waals surface area contributed by atoms with Crippen molar-refractivity contribution in [3.05, 3.63) is 47.8 Å². The largest absolute Gasteiger partial charge is 0.476 e. The lowest BCUT2D eigenvalue weighted by molar-refractivity contribution is -0.141. The molecule has 2 aromatic heterocycles. The van der Waals surface area contributed by atoms with Crippen molar-refractivity contribution in [3.8, 4) is 11.3 Å². The monoisotopic (exact) mass is 445 g/mol. The third-order valence-electron chi connectivity index (χ3n) is 5.92. The van der Waals surface area contributed by atoms with Crippen LogP contribution in [0, 0.1) is 5.92 Å². The van der Waals surface area contributed by atoms with Gasteiger partial charge in [-0.15, -0.1) is 0 Å². The van der Waals surface area contributed by atoms with Crippen molar-refractivity contribution in [1.82, 2.24) is 9.55 Å². The van der Waals surface area contributed by atoms with Crippen LogP contribution in [0.4, 0.5) is 18.9 Å². The van der Waals surface area contributed by atoms with Gasteiger partial charge in [-0.3, -0.25) is 4.79 Å². The molecule has 3 aromatic rings. The summed E-state index contributed by atoms with van der Waals surface area (Å²) in [5.74, 6) is -1.51. The Kier molecular flexibility index (Phi) is 5.22. The number of carbonyl (C=O) groups is 2. The molecule has 2 unspecified atom stereocenters. The molecule has 2 atom stereocenters. The van der Waals surface area contributed by atoms with E-state index in [0.29, 0.717) is 17.8 Å². The van der Waals surface area contributed by atoms with Gasteiger partial charge in [0.15, 0.2) is 5.69 Å². The Balaban J connectivity index is 1.83. The van der Waals surface area contributed by atoms with Crippen LogP contribution in [0.2, 0.25) is 0 Å². The number of pyridine rings is 1. The minimum Gasteiger partial charge on any atom is -0.476 e. The highest BCUT2D eigenvalue weighted by Crippen LogP contribution is 2.36. The van der Waals surface area contributed by atoms with Gasteiger partial charge in [-0.2, -0.15) is 13.2 Å². The molecule has 1 aromatic carbocycles. The topological polar surface area (TPSA) is 75.4 Å². The highest BCUT2D eigenvalue weighted by Gasteiger charge is 2.36. The fourth-order valence-corrected chi connectivity index (χ4v) is 4.51. The van der Waals surface area contributed by atoms with Gasteiger partial charge in [0.05, 0.1) is 5.52 Å². The Morgan fingerprint density at radius 1 is 1.19 bits per heavy atom. The lowest BCUT2D eigenvalue weighted by atomic mass is 10.1. The molecule has 32 heavy (non-hydrogen) atoms. The molecular formula is C23H22F3N3O3. The van der Waals surface area contributed by atoms with Crippen LogP contribution in [0.1, 0.15) is 43.4 Å². The van der Waals surface area contributed by atoms with Crippen molar-refractivity contribution in [3.63, 3.8) is 0 Å². The Morgan fingerprint density at radius 2 is 1.84 bits per heavy atom. The summed E-state index contributed by atoms with van der Waals surface area (Å²) >= 11 is 0. The van der Waals surface area contributed by atoms with Crippen molar-refractivity contribution in [2.24, 2.45) is 5.92 Å². The van der Waals surface area contributed by atoms with E-state index in [1.165, 1.54) is 0 Å². The zero-order valence-electron chi connectivity index (χ0n) is 17.8. The van der Waals surface area contributed by atoms with Crippen LogP contribution in [0.3, 0.4) is 0 Å². The van der Waals surface area contributed by atoms with E-state index in [1.807, 2.05) is 13.8 Å². The first kappa shape index (κ1) is 21.9. The molecule has 0 spiro atoms. The van der Waals surface area contributed by atoms with Crippen molar-refractivity contribution in [2.75, 3.05) is 4.90 Å².